The Morgan fingerprint density at radius 3 is 2.62 bits per heavy atom. The van der Waals surface area contributed by atoms with E-state index < -0.39 is 5.97 Å². The molecule has 1 aromatic carbocycles. The molecule has 0 radical (unpaired) electrons. The summed E-state index contributed by atoms with van der Waals surface area (Å²) in [5, 5.41) is 2.81. The molecule has 1 amide bonds. The van der Waals surface area contributed by atoms with Crippen molar-refractivity contribution in [3.8, 4) is 0 Å². The number of nitrogens with one attached hydrogen (secondary N) is 1. The van der Waals surface area contributed by atoms with Crippen molar-refractivity contribution in [1.82, 2.24) is 5.32 Å². The average Bonchev–Trinajstić information content (AvgIpc) is 2.91. The Balaban J connectivity index is 1.86. The zero-order valence-corrected chi connectivity index (χ0v) is 12.9. The van der Waals surface area contributed by atoms with Crippen LogP contribution in [0.4, 0.5) is 0 Å². The number of aryl methyl sites for hydroxylation is 2. The van der Waals surface area contributed by atoms with Gasteiger partial charge in [0.05, 0.1) is 5.56 Å². The molecule has 1 aliphatic rings. The van der Waals surface area contributed by atoms with Crippen LogP contribution < -0.4 is 5.32 Å². The van der Waals surface area contributed by atoms with Gasteiger partial charge in [-0.2, -0.15) is 0 Å². The Bertz CT molecular complexity index is 537. The van der Waals surface area contributed by atoms with E-state index in [-0.39, 0.29) is 18.6 Å². The number of benzene rings is 1. The highest BCUT2D eigenvalue weighted by Gasteiger charge is 2.16. The fraction of sp³-hybridized carbons (Fsp3) is 0.529. The maximum atomic E-state index is 12.0. The Morgan fingerprint density at radius 2 is 1.90 bits per heavy atom. The van der Waals surface area contributed by atoms with Gasteiger partial charge in [-0.3, -0.25) is 4.79 Å². The van der Waals surface area contributed by atoms with E-state index in [4.69, 9.17) is 4.74 Å². The summed E-state index contributed by atoms with van der Waals surface area (Å²) < 4.78 is 5.08. The van der Waals surface area contributed by atoms with Crippen LogP contribution >= 0.6 is 0 Å². The zero-order valence-electron chi connectivity index (χ0n) is 12.9. The number of rotatable bonds is 5. The van der Waals surface area contributed by atoms with Gasteiger partial charge in [0.25, 0.3) is 5.91 Å². The lowest BCUT2D eigenvalue weighted by atomic mass is 10.1. The van der Waals surface area contributed by atoms with Gasteiger partial charge in [-0.25, -0.2) is 4.79 Å². The van der Waals surface area contributed by atoms with Crippen molar-refractivity contribution in [1.29, 1.82) is 0 Å². The molecule has 0 saturated carbocycles. The van der Waals surface area contributed by atoms with E-state index in [1.165, 1.54) is 11.1 Å². The third-order valence-electron chi connectivity index (χ3n) is 4.06. The monoisotopic (exact) mass is 289 g/mol. The standard InChI is InChI=1S/C17H23NO3/c1-11(2)12(3)18-16(19)10-21-17(20)15-8-7-13-5-4-6-14(13)9-15/h7-9,11-12H,4-6,10H2,1-3H3,(H,18,19)/t12-/m0/s1. The first-order chi connectivity index (χ1) is 9.97. The lowest BCUT2D eigenvalue weighted by Crippen LogP contribution is -2.38. The molecule has 114 valence electrons. The summed E-state index contributed by atoms with van der Waals surface area (Å²) in [5.74, 6) is -0.343. The molecule has 0 heterocycles. The predicted molar refractivity (Wildman–Crippen MR) is 81.2 cm³/mol. The number of amides is 1. The van der Waals surface area contributed by atoms with E-state index in [1.807, 2.05) is 32.9 Å². The topological polar surface area (TPSA) is 55.4 Å². The van der Waals surface area contributed by atoms with Crippen molar-refractivity contribution < 1.29 is 14.3 Å². The fourth-order valence-electron chi connectivity index (χ4n) is 2.38. The average molecular weight is 289 g/mol. The SMILES string of the molecule is CC(C)[C@H](C)NC(=O)COC(=O)c1ccc2c(c1)CCC2. The van der Waals surface area contributed by atoms with Crippen LogP contribution in [0.3, 0.4) is 0 Å². The number of esters is 1. The molecule has 21 heavy (non-hydrogen) atoms. The molecule has 0 aliphatic heterocycles. The highest BCUT2D eigenvalue weighted by molar-refractivity contribution is 5.91. The normalized spacial score (nSPS) is 14.7. The number of ether oxygens (including phenoxy) is 1. The molecule has 2 rings (SSSR count). The van der Waals surface area contributed by atoms with E-state index in [9.17, 15) is 9.59 Å². The van der Waals surface area contributed by atoms with Crippen LogP contribution in [0.25, 0.3) is 0 Å². The molecule has 1 aliphatic carbocycles. The van der Waals surface area contributed by atoms with Crippen LogP contribution in [-0.4, -0.2) is 24.5 Å². The molecule has 1 atom stereocenters. The third-order valence-corrected chi connectivity index (χ3v) is 4.06. The van der Waals surface area contributed by atoms with Gasteiger partial charge >= 0.3 is 5.97 Å². The van der Waals surface area contributed by atoms with Gasteiger partial charge in [0.15, 0.2) is 6.61 Å². The summed E-state index contributed by atoms with van der Waals surface area (Å²) in [6, 6.07) is 5.72. The summed E-state index contributed by atoms with van der Waals surface area (Å²) >= 11 is 0. The lowest BCUT2D eigenvalue weighted by Gasteiger charge is -2.17. The van der Waals surface area contributed by atoms with Gasteiger partial charge in [-0.15, -0.1) is 0 Å². The highest BCUT2D eigenvalue weighted by Crippen LogP contribution is 2.23. The van der Waals surface area contributed by atoms with Crippen molar-refractivity contribution >= 4 is 11.9 Å². The Hall–Kier alpha value is -1.84. The minimum atomic E-state index is -0.433. The van der Waals surface area contributed by atoms with Crippen LogP contribution in [0.5, 0.6) is 0 Å². The fourth-order valence-corrected chi connectivity index (χ4v) is 2.38. The molecule has 0 fully saturated rings. The van der Waals surface area contributed by atoms with Crippen LogP contribution in [0.2, 0.25) is 0 Å². The highest BCUT2D eigenvalue weighted by atomic mass is 16.5. The molecule has 0 unspecified atom stereocenters. The number of hydrogen-bond acceptors (Lipinski definition) is 3. The smallest absolute Gasteiger partial charge is 0.338 e. The third kappa shape index (κ3) is 4.06. The van der Waals surface area contributed by atoms with E-state index >= 15 is 0 Å². The Morgan fingerprint density at radius 1 is 1.19 bits per heavy atom. The number of hydrogen-bond donors (Lipinski definition) is 1. The second-order valence-corrected chi connectivity index (χ2v) is 6.01. The molecule has 1 aromatic rings. The first-order valence-corrected chi connectivity index (χ1v) is 7.55. The van der Waals surface area contributed by atoms with Gasteiger partial charge in [-0.1, -0.05) is 19.9 Å². The van der Waals surface area contributed by atoms with E-state index in [0.29, 0.717) is 11.5 Å². The second-order valence-electron chi connectivity index (χ2n) is 6.01. The predicted octanol–water partition coefficient (Wildman–Crippen LogP) is 2.49. The van der Waals surface area contributed by atoms with E-state index in [2.05, 4.69) is 5.32 Å². The van der Waals surface area contributed by atoms with Crippen LogP contribution in [0.1, 0.15) is 48.7 Å². The minimum absolute atomic E-state index is 0.0659. The molecule has 0 bridgehead atoms. The molecule has 4 heteroatoms. The van der Waals surface area contributed by atoms with Crippen LogP contribution in [0.15, 0.2) is 18.2 Å². The van der Waals surface area contributed by atoms with Crippen molar-refractivity contribution in [3.05, 3.63) is 34.9 Å². The van der Waals surface area contributed by atoms with Crippen LogP contribution in [0, 0.1) is 5.92 Å². The first kappa shape index (κ1) is 15.5. The summed E-state index contributed by atoms with van der Waals surface area (Å²) in [6.45, 7) is 5.76. The van der Waals surface area contributed by atoms with E-state index in [1.54, 1.807) is 6.07 Å². The van der Waals surface area contributed by atoms with Crippen molar-refractivity contribution in [2.45, 2.75) is 46.1 Å². The minimum Gasteiger partial charge on any atom is -0.452 e. The van der Waals surface area contributed by atoms with Gasteiger partial charge in [0.2, 0.25) is 0 Å². The summed E-state index contributed by atoms with van der Waals surface area (Å²) in [5.41, 5.74) is 3.07. The Labute approximate surface area is 125 Å². The lowest BCUT2D eigenvalue weighted by molar-refractivity contribution is -0.125. The molecule has 0 saturated heterocycles. The Kier molecular flexibility index (Phi) is 4.99. The van der Waals surface area contributed by atoms with Gasteiger partial charge < -0.3 is 10.1 Å². The molecular weight excluding hydrogens is 266 g/mol. The number of fused-ring (bicyclic) bond motifs is 1. The largest absolute Gasteiger partial charge is 0.452 e. The van der Waals surface area contributed by atoms with Crippen molar-refractivity contribution in [2.75, 3.05) is 6.61 Å². The molecule has 1 N–H and O–H groups in total. The molecule has 0 aromatic heterocycles. The number of carbonyl (C=O) groups is 2. The van der Waals surface area contributed by atoms with Gasteiger partial charge in [-0.05, 0) is 55.4 Å². The van der Waals surface area contributed by atoms with Gasteiger partial charge in [0.1, 0.15) is 0 Å². The maximum absolute atomic E-state index is 12.0. The molecular formula is C17H23NO3. The quantitative estimate of drug-likeness (QED) is 0.847. The molecule has 4 nitrogen and oxygen atoms in total. The summed E-state index contributed by atoms with van der Waals surface area (Å²) in [7, 11) is 0. The maximum Gasteiger partial charge on any atom is 0.338 e. The van der Waals surface area contributed by atoms with Crippen molar-refractivity contribution in [3.63, 3.8) is 0 Å². The summed E-state index contributed by atoms with van der Waals surface area (Å²) in [6.07, 6.45) is 3.24. The van der Waals surface area contributed by atoms with Crippen LogP contribution in [-0.2, 0) is 22.4 Å². The number of carbonyl (C=O) groups excluding carboxylic acids is 2. The summed E-state index contributed by atoms with van der Waals surface area (Å²) in [4.78, 5) is 23.7. The van der Waals surface area contributed by atoms with E-state index in [0.717, 1.165) is 19.3 Å². The second kappa shape index (κ2) is 6.74. The first-order valence-electron chi connectivity index (χ1n) is 7.55. The van der Waals surface area contributed by atoms with Crippen molar-refractivity contribution in [2.24, 2.45) is 5.92 Å². The van der Waals surface area contributed by atoms with Gasteiger partial charge in [0, 0.05) is 6.04 Å². The molecule has 0 spiro atoms. The zero-order chi connectivity index (χ0) is 15.4.